The Balaban J connectivity index is 1.99. The van der Waals surface area contributed by atoms with Crippen LogP contribution in [0.5, 0.6) is 11.5 Å². The van der Waals surface area contributed by atoms with Crippen LogP contribution in [-0.4, -0.2) is 9.91 Å². The van der Waals surface area contributed by atoms with E-state index >= 15 is 0 Å². The number of hydrogen-bond donors (Lipinski definition) is 0. The van der Waals surface area contributed by atoms with Gasteiger partial charge in [-0.15, -0.1) is 0 Å². The van der Waals surface area contributed by atoms with Crippen LogP contribution in [0.4, 0.5) is 5.69 Å². The van der Waals surface area contributed by atoms with Crippen molar-refractivity contribution >= 4 is 16.6 Å². The Morgan fingerprint density at radius 2 is 1.90 bits per heavy atom. The molecule has 3 aromatic rings. The standard InChI is InChI=1S/C15H10N2O3/c18-17(19)14-5-1-2-6-15(14)20-12-7-8-13-11(10-12)4-3-9-16-13/h1-10H. The van der Waals surface area contributed by atoms with E-state index in [1.807, 2.05) is 18.2 Å². The molecule has 0 spiro atoms. The molecule has 0 unspecified atom stereocenters. The number of nitro groups is 1. The molecule has 0 bridgehead atoms. The smallest absolute Gasteiger partial charge is 0.311 e. The Hall–Kier alpha value is -2.95. The van der Waals surface area contributed by atoms with E-state index in [0.717, 1.165) is 10.9 Å². The number of aromatic nitrogens is 1. The maximum absolute atomic E-state index is 10.9. The SMILES string of the molecule is O=[N+]([O-])c1ccccc1Oc1ccc2ncccc2c1. The van der Waals surface area contributed by atoms with Crippen LogP contribution in [0.2, 0.25) is 0 Å². The zero-order valence-corrected chi connectivity index (χ0v) is 10.4. The normalized spacial score (nSPS) is 10.4. The molecular weight excluding hydrogens is 256 g/mol. The van der Waals surface area contributed by atoms with Crippen molar-refractivity contribution in [1.82, 2.24) is 4.98 Å². The first-order valence-corrected chi connectivity index (χ1v) is 6.00. The van der Waals surface area contributed by atoms with Gasteiger partial charge in [0.15, 0.2) is 0 Å². The molecule has 0 saturated carbocycles. The number of hydrogen-bond acceptors (Lipinski definition) is 4. The zero-order chi connectivity index (χ0) is 13.9. The summed E-state index contributed by atoms with van der Waals surface area (Å²) in [4.78, 5) is 14.7. The second kappa shape index (κ2) is 4.97. The summed E-state index contributed by atoms with van der Waals surface area (Å²) >= 11 is 0. The largest absolute Gasteiger partial charge is 0.450 e. The topological polar surface area (TPSA) is 65.3 Å². The van der Waals surface area contributed by atoms with E-state index in [4.69, 9.17) is 4.74 Å². The molecule has 0 N–H and O–H groups in total. The van der Waals surface area contributed by atoms with Crippen LogP contribution in [0.25, 0.3) is 10.9 Å². The minimum absolute atomic E-state index is 0.0567. The molecule has 0 atom stereocenters. The lowest BCUT2D eigenvalue weighted by Gasteiger charge is -2.06. The summed E-state index contributed by atoms with van der Waals surface area (Å²) in [6, 6.07) is 15.4. The van der Waals surface area contributed by atoms with Gasteiger partial charge in [0.25, 0.3) is 0 Å². The quantitative estimate of drug-likeness (QED) is 0.532. The molecule has 2 aromatic carbocycles. The zero-order valence-electron chi connectivity index (χ0n) is 10.4. The number of ether oxygens (including phenoxy) is 1. The molecule has 5 nitrogen and oxygen atoms in total. The van der Waals surface area contributed by atoms with E-state index in [0.29, 0.717) is 5.75 Å². The number of pyridine rings is 1. The first-order valence-electron chi connectivity index (χ1n) is 6.00. The fraction of sp³-hybridized carbons (Fsp3) is 0. The van der Waals surface area contributed by atoms with Gasteiger partial charge in [-0.25, -0.2) is 0 Å². The molecule has 0 amide bonds. The highest BCUT2D eigenvalue weighted by molar-refractivity contribution is 5.79. The van der Waals surface area contributed by atoms with Gasteiger partial charge >= 0.3 is 5.69 Å². The third-order valence-electron chi connectivity index (χ3n) is 2.86. The van der Waals surface area contributed by atoms with Crippen molar-refractivity contribution in [3.8, 4) is 11.5 Å². The number of fused-ring (bicyclic) bond motifs is 1. The highest BCUT2D eigenvalue weighted by Crippen LogP contribution is 2.31. The van der Waals surface area contributed by atoms with Gasteiger partial charge in [0.05, 0.1) is 10.4 Å². The van der Waals surface area contributed by atoms with Crippen molar-refractivity contribution in [3.63, 3.8) is 0 Å². The average molecular weight is 266 g/mol. The lowest BCUT2D eigenvalue weighted by Crippen LogP contribution is -1.93. The Labute approximate surface area is 114 Å². The monoisotopic (exact) mass is 266 g/mol. The van der Waals surface area contributed by atoms with Gasteiger partial charge in [0.2, 0.25) is 5.75 Å². The maximum atomic E-state index is 10.9. The molecule has 0 aliphatic rings. The van der Waals surface area contributed by atoms with Crippen LogP contribution in [0.3, 0.4) is 0 Å². The first-order chi connectivity index (χ1) is 9.74. The maximum Gasteiger partial charge on any atom is 0.311 e. The molecule has 20 heavy (non-hydrogen) atoms. The summed E-state index contributed by atoms with van der Waals surface area (Å²) in [5.74, 6) is 0.764. The van der Waals surface area contributed by atoms with Crippen molar-refractivity contribution in [2.75, 3.05) is 0 Å². The fourth-order valence-electron chi connectivity index (χ4n) is 1.94. The average Bonchev–Trinajstić information content (AvgIpc) is 2.47. The molecule has 0 radical (unpaired) electrons. The van der Waals surface area contributed by atoms with Crippen molar-refractivity contribution in [1.29, 1.82) is 0 Å². The Morgan fingerprint density at radius 1 is 1.05 bits per heavy atom. The van der Waals surface area contributed by atoms with Crippen LogP contribution in [0.1, 0.15) is 0 Å². The van der Waals surface area contributed by atoms with Crippen molar-refractivity contribution in [2.24, 2.45) is 0 Å². The van der Waals surface area contributed by atoms with Gasteiger partial charge in [-0.05, 0) is 30.3 Å². The number of benzene rings is 2. The molecule has 0 fully saturated rings. The van der Waals surface area contributed by atoms with Crippen molar-refractivity contribution in [2.45, 2.75) is 0 Å². The summed E-state index contributed by atoms with van der Waals surface area (Å²) in [5.41, 5.74) is 0.793. The predicted octanol–water partition coefficient (Wildman–Crippen LogP) is 3.94. The first kappa shape index (κ1) is 12.1. The molecular formula is C15H10N2O3. The molecule has 1 aromatic heterocycles. The summed E-state index contributed by atoms with van der Waals surface area (Å²) in [7, 11) is 0. The van der Waals surface area contributed by atoms with E-state index in [1.165, 1.54) is 6.07 Å². The lowest BCUT2D eigenvalue weighted by molar-refractivity contribution is -0.385. The van der Waals surface area contributed by atoms with Crippen LogP contribution >= 0.6 is 0 Å². The Morgan fingerprint density at radius 3 is 2.75 bits per heavy atom. The Kier molecular flexibility index (Phi) is 3.01. The number of nitro benzene ring substituents is 1. The molecule has 1 heterocycles. The van der Waals surface area contributed by atoms with Crippen molar-refractivity contribution in [3.05, 3.63) is 70.9 Å². The number of para-hydroxylation sites is 2. The van der Waals surface area contributed by atoms with Gasteiger partial charge in [-0.3, -0.25) is 15.1 Å². The van der Waals surface area contributed by atoms with Gasteiger partial charge < -0.3 is 4.74 Å². The number of nitrogens with zero attached hydrogens (tertiary/aromatic N) is 2. The third-order valence-corrected chi connectivity index (χ3v) is 2.86. The minimum atomic E-state index is -0.460. The van der Waals surface area contributed by atoms with Gasteiger partial charge in [0.1, 0.15) is 5.75 Å². The van der Waals surface area contributed by atoms with Gasteiger partial charge in [-0.2, -0.15) is 0 Å². The van der Waals surface area contributed by atoms with Crippen LogP contribution in [-0.2, 0) is 0 Å². The summed E-state index contributed by atoms with van der Waals surface area (Å²) in [6.07, 6.45) is 1.71. The molecule has 98 valence electrons. The molecule has 0 aliphatic heterocycles. The van der Waals surface area contributed by atoms with Crippen LogP contribution < -0.4 is 4.74 Å². The van der Waals surface area contributed by atoms with E-state index < -0.39 is 4.92 Å². The van der Waals surface area contributed by atoms with E-state index in [9.17, 15) is 10.1 Å². The predicted molar refractivity (Wildman–Crippen MR) is 74.9 cm³/mol. The summed E-state index contributed by atoms with van der Waals surface area (Å²) in [6.45, 7) is 0. The highest BCUT2D eigenvalue weighted by Gasteiger charge is 2.14. The van der Waals surface area contributed by atoms with E-state index in [1.54, 1.807) is 36.5 Å². The van der Waals surface area contributed by atoms with Crippen molar-refractivity contribution < 1.29 is 9.66 Å². The summed E-state index contributed by atoms with van der Waals surface area (Å²) in [5, 5.41) is 11.9. The van der Waals surface area contributed by atoms with E-state index in [2.05, 4.69) is 4.98 Å². The van der Waals surface area contributed by atoms with Crippen LogP contribution in [0.15, 0.2) is 60.8 Å². The Bertz CT molecular complexity index is 787. The fourth-order valence-corrected chi connectivity index (χ4v) is 1.94. The molecule has 3 rings (SSSR count). The second-order valence-electron chi connectivity index (χ2n) is 4.18. The lowest BCUT2D eigenvalue weighted by atomic mass is 10.2. The second-order valence-corrected chi connectivity index (χ2v) is 4.18. The summed E-state index contributed by atoms with van der Waals surface area (Å²) < 4.78 is 5.61. The van der Waals surface area contributed by atoms with Crippen LogP contribution in [0, 0.1) is 10.1 Å². The van der Waals surface area contributed by atoms with Gasteiger partial charge in [-0.1, -0.05) is 18.2 Å². The number of rotatable bonds is 3. The van der Waals surface area contributed by atoms with E-state index in [-0.39, 0.29) is 11.4 Å². The van der Waals surface area contributed by atoms with Gasteiger partial charge in [0, 0.05) is 17.6 Å². The molecule has 0 saturated heterocycles. The minimum Gasteiger partial charge on any atom is -0.450 e. The third kappa shape index (κ3) is 2.29. The molecule has 0 aliphatic carbocycles. The highest BCUT2D eigenvalue weighted by atomic mass is 16.6. The molecule has 5 heteroatoms.